The van der Waals surface area contributed by atoms with Crippen LogP contribution in [0.15, 0.2) is 72.9 Å². The Bertz CT molecular complexity index is 866. The van der Waals surface area contributed by atoms with E-state index >= 15 is 0 Å². The maximum atomic E-state index is 12.5. The molecule has 26 heavy (non-hydrogen) atoms. The summed E-state index contributed by atoms with van der Waals surface area (Å²) in [7, 11) is 0. The highest BCUT2D eigenvalue weighted by Gasteiger charge is 2.16. The summed E-state index contributed by atoms with van der Waals surface area (Å²) in [6.45, 7) is 2.05. The molecular formula is C21H20ClN3O. The topological polar surface area (TPSA) is 54.0 Å². The van der Waals surface area contributed by atoms with Gasteiger partial charge < -0.3 is 10.6 Å². The molecule has 4 nitrogen and oxygen atoms in total. The Balaban J connectivity index is 1.75. The summed E-state index contributed by atoms with van der Waals surface area (Å²) in [5.74, 6) is 0. The Morgan fingerprint density at radius 1 is 1.08 bits per heavy atom. The van der Waals surface area contributed by atoms with Gasteiger partial charge in [-0.2, -0.15) is 0 Å². The maximum absolute atomic E-state index is 12.5. The van der Waals surface area contributed by atoms with Crippen LogP contribution < -0.4 is 10.6 Å². The number of urea groups is 1. The number of aromatic nitrogens is 1. The lowest BCUT2D eigenvalue weighted by Gasteiger charge is -2.19. The molecule has 0 radical (unpaired) electrons. The number of halogens is 1. The monoisotopic (exact) mass is 365 g/mol. The van der Waals surface area contributed by atoms with Crippen molar-refractivity contribution >= 4 is 23.3 Å². The molecule has 0 saturated carbocycles. The van der Waals surface area contributed by atoms with Crippen molar-refractivity contribution in [3.05, 3.63) is 94.8 Å². The average molecular weight is 366 g/mol. The molecule has 0 bridgehead atoms. The van der Waals surface area contributed by atoms with E-state index in [-0.39, 0.29) is 12.1 Å². The van der Waals surface area contributed by atoms with E-state index in [1.165, 1.54) is 5.56 Å². The predicted octanol–water partition coefficient (Wildman–Crippen LogP) is 5.15. The van der Waals surface area contributed by atoms with Gasteiger partial charge in [-0.05, 0) is 49.2 Å². The van der Waals surface area contributed by atoms with Crippen LogP contribution in [0.1, 0.15) is 22.9 Å². The third-order valence-corrected chi connectivity index (χ3v) is 4.23. The molecule has 1 atom stereocenters. The van der Waals surface area contributed by atoms with Crippen LogP contribution in [-0.2, 0) is 6.42 Å². The average Bonchev–Trinajstić information content (AvgIpc) is 2.64. The second-order valence-electron chi connectivity index (χ2n) is 6.11. The summed E-state index contributed by atoms with van der Waals surface area (Å²) in [4.78, 5) is 16.9. The number of rotatable bonds is 5. The summed E-state index contributed by atoms with van der Waals surface area (Å²) in [6, 6.07) is 20.5. The van der Waals surface area contributed by atoms with Crippen LogP contribution >= 0.6 is 11.6 Å². The second kappa shape index (κ2) is 8.50. The van der Waals surface area contributed by atoms with Gasteiger partial charge in [0.1, 0.15) is 0 Å². The van der Waals surface area contributed by atoms with Crippen LogP contribution in [0.25, 0.3) is 0 Å². The third-order valence-electron chi connectivity index (χ3n) is 3.99. The highest BCUT2D eigenvalue weighted by Crippen LogP contribution is 2.18. The molecule has 1 heterocycles. The minimum absolute atomic E-state index is 0.238. The molecule has 2 amide bonds. The maximum Gasteiger partial charge on any atom is 0.319 e. The number of carbonyl (C=O) groups excluding carboxylic acids is 1. The Morgan fingerprint density at radius 3 is 2.58 bits per heavy atom. The van der Waals surface area contributed by atoms with Gasteiger partial charge in [-0.25, -0.2) is 4.79 Å². The molecule has 3 aromatic rings. The molecule has 0 fully saturated rings. The minimum atomic E-state index is -0.296. The molecule has 0 aliphatic heterocycles. The minimum Gasteiger partial charge on any atom is -0.329 e. The summed E-state index contributed by atoms with van der Waals surface area (Å²) in [5.41, 5.74) is 3.79. The van der Waals surface area contributed by atoms with Gasteiger partial charge in [0.05, 0.1) is 11.7 Å². The number of hydrogen-bond donors (Lipinski definition) is 2. The fourth-order valence-electron chi connectivity index (χ4n) is 2.66. The lowest BCUT2D eigenvalue weighted by Crippen LogP contribution is -2.34. The number of hydrogen-bond acceptors (Lipinski definition) is 2. The van der Waals surface area contributed by atoms with Gasteiger partial charge in [-0.1, -0.05) is 53.6 Å². The molecule has 132 valence electrons. The van der Waals surface area contributed by atoms with Crippen molar-refractivity contribution in [2.45, 2.75) is 19.4 Å². The van der Waals surface area contributed by atoms with E-state index in [9.17, 15) is 4.79 Å². The number of amides is 2. The number of benzene rings is 2. The van der Waals surface area contributed by atoms with Gasteiger partial charge in [-0.3, -0.25) is 4.98 Å². The fraction of sp³-hybridized carbons (Fsp3) is 0.143. The molecule has 0 saturated heterocycles. The number of aryl methyl sites for hydroxylation is 1. The van der Waals surface area contributed by atoms with Crippen LogP contribution in [0, 0.1) is 6.92 Å². The van der Waals surface area contributed by atoms with Gasteiger partial charge in [0.2, 0.25) is 0 Å². The molecule has 2 aromatic carbocycles. The van der Waals surface area contributed by atoms with Crippen molar-refractivity contribution in [3.8, 4) is 0 Å². The third kappa shape index (κ3) is 5.07. The molecule has 2 N–H and O–H groups in total. The summed E-state index contributed by atoms with van der Waals surface area (Å²) in [6.07, 6.45) is 2.38. The zero-order valence-corrected chi connectivity index (χ0v) is 15.2. The fourth-order valence-corrected chi connectivity index (χ4v) is 2.85. The van der Waals surface area contributed by atoms with Crippen LogP contribution in [0.2, 0.25) is 5.02 Å². The van der Waals surface area contributed by atoms with Crippen LogP contribution in [-0.4, -0.2) is 11.0 Å². The first-order valence-corrected chi connectivity index (χ1v) is 8.77. The highest BCUT2D eigenvalue weighted by atomic mass is 35.5. The molecule has 0 spiro atoms. The Kier molecular flexibility index (Phi) is 5.87. The zero-order chi connectivity index (χ0) is 18.4. The summed E-state index contributed by atoms with van der Waals surface area (Å²) >= 11 is 5.97. The van der Waals surface area contributed by atoms with E-state index < -0.39 is 0 Å². The molecular weight excluding hydrogens is 346 g/mol. The van der Waals surface area contributed by atoms with Gasteiger partial charge in [0.15, 0.2) is 0 Å². The number of nitrogens with zero attached hydrogens (tertiary/aromatic N) is 1. The molecule has 0 aliphatic rings. The standard InChI is InChI=1S/C21H20ClN3O/c1-15-8-10-16(11-9-15)13-20(19-7-2-3-12-23-19)25-21(26)24-18-6-4-5-17(22)14-18/h2-12,14,20H,13H2,1H3,(H2,24,25,26). The summed E-state index contributed by atoms with van der Waals surface area (Å²) < 4.78 is 0. The molecule has 5 heteroatoms. The first-order chi connectivity index (χ1) is 12.6. The van der Waals surface area contributed by atoms with Crippen LogP contribution in [0.5, 0.6) is 0 Å². The highest BCUT2D eigenvalue weighted by molar-refractivity contribution is 6.30. The smallest absolute Gasteiger partial charge is 0.319 e. The molecule has 0 aliphatic carbocycles. The number of carbonyl (C=O) groups is 1. The van der Waals surface area contributed by atoms with Crippen LogP contribution in [0.3, 0.4) is 0 Å². The van der Waals surface area contributed by atoms with Gasteiger partial charge in [0.25, 0.3) is 0 Å². The molecule has 1 aromatic heterocycles. The molecule has 3 rings (SSSR count). The van der Waals surface area contributed by atoms with E-state index in [0.29, 0.717) is 17.1 Å². The number of anilines is 1. The Labute approximate surface area is 158 Å². The lowest BCUT2D eigenvalue weighted by molar-refractivity contribution is 0.248. The number of nitrogens with one attached hydrogen (secondary N) is 2. The number of pyridine rings is 1. The normalized spacial score (nSPS) is 11.6. The Morgan fingerprint density at radius 2 is 1.88 bits per heavy atom. The van der Waals surface area contributed by atoms with E-state index in [0.717, 1.165) is 11.3 Å². The molecule has 1 unspecified atom stereocenters. The van der Waals surface area contributed by atoms with E-state index in [2.05, 4.69) is 46.8 Å². The van der Waals surface area contributed by atoms with E-state index in [4.69, 9.17) is 11.6 Å². The second-order valence-corrected chi connectivity index (χ2v) is 6.54. The van der Waals surface area contributed by atoms with Crippen LogP contribution in [0.4, 0.5) is 10.5 Å². The van der Waals surface area contributed by atoms with Gasteiger partial charge in [-0.15, -0.1) is 0 Å². The van der Waals surface area contributed by atoms with Crippen molar-refractivity contribution in [1.82, 2.24) is 10.3 Å². The van der Waals surface area contributed by atoms with E-state index in [1.54, 1.807) is 30.5 Å². The van der Waals surface area contributed by atoms with Crippen molar-refractivity contribution < 1.29 is 4.79 Å². The SMILES string of the molecule is Cc1ccc(CC(NC(=O)Nc2cccc(Cl)c2)c2ccccn2)cc1. The van der Waals surface area contributed by atoms with Gasteiger partial charge >= 0.3 is 6.03 Å². The van der Waals surface area contributed by atoms with Crippen molar-refractivity contribution in [3.63, 3.8) is 0 Å². The van der Waals surface area contributed by atoms with E-state index in [1.807, 2.05) is 18.2 Å². The summed E-state index contributed by atoms with van der Waals surface area (Å²) in [5, 5.41) is 6.40. The van der Waals surface area contributed by atoms with Gasteiger partial charge in [0, 0.05) is 16.9 Å². The zero-order valence-electron chi connectivity index (χ0n) is 14.4. The first kappa shape index (κ1) is 18.0. The Hall–Kier alpha value is -2.85. The predicted molar refractivity (Wildman–Crippen MR) is 105 cm³/mol. The van der Waals surface area contributed by atoms with Crippen molar-refractivity contribution in [2.75, 3.05) is 5.32 Å². The van der Waals surface area contributed by atoms with Crippen molar-refractivity contribution in [1.29, 1.82) is 0 Å². The quantitative estimate of drug-likeness (QED) is 0.657. The largest absolute Gasteiger partial charge is 0.329 e. The van der Waals surface area contributed by atoms with Crippen molar-refractivity contribution in [2.24, 2.45) is 0 Å². The first-order valence-electron chi connectivity index (χ1n) is 8.40. The lowest BCUT2D eigenvalue weighted by atomic mass is 10.0.